The molecule has 0 N–H and O–H groups in total. The van der Waals surface area contributed by atoms with Gasteiger partial charge >= 0.3 is 0 Å². The number of nitriles is 1. The van der Waals surface area contributed by atoms with Crippen molar-refractivity contribution in [1.82, 2.24) is 5.06 Å². The number of amides is 1. The number of nitrogens with zero attached hydrogens (tertiary/aromatic N) is 2. The van der Waals surface area contributed by atoms with Gasteiger partial charge in [0.15, 0.2) is 0 Å². The van der Waals surface area contributed by atoms with E-state index in [1.807, 2.05) is 19.1 Å². The first kappa shape index (κ1) is 12.2. The Hall–Kier alpha value is -1.86. The minimum atomic E-state index is -0.213. The predicted octanol–water partition coefficient (Wildman–Crippen LogP) is 2.56. The summed E-state index contributed by atoms with van der Waals surface area (Å²) in [6.45, 7) is 2.57. The Labute approximate surface area is 112 Å². The summed E-state index contributed by atoms with van der Waals surface area (Å²) >= 11 is 0. The third-order valence-electron chi connectivity index (χ3n) is 4.05. The van der Waals surface area contributed by atoms with Crippen LogP contribution in [-0.4, -0.2) is 17.6 Å². The molecule has 1 saturated heterocycles. The van der Waals surface area contributed by atoms with Crippen LogP contribution in [0.25, 0.3) is 0 Å². The summed E-state index contributed by atoms with van der Waals surface area (Å²) in [4.78, 5) is 17.9. The van der Waals surface area contributed by atoms with E-state index in [9.17, 15) is 4.79 Å². The Kier molecular flexibility index (Phi) is 2.79. The molecule has 1 aromatic rings. The Balaban J connectivity index is 1.82. The Morgan fingerprint density at radius 3 is 2.68 bits per heavy atom. The van der Waals surface area contributed by atoms with Crippen molar-refractivity contribution >= 4 is 5.91 Å². The second-order valence-electron chi connectivity index (χ2n) is 5.56. The molecule has 2 aliphatic rings. The van der Waals surface area contributed by atoms with Gasteiger partial charge in [-0.3, -0.25) is 9.63 Å². The van der Waals surface area contributed by atoms with Crippen LogP contribution in [0, 0.1) is 16.7 Å². The first-order valence-electron chi connectivity index (χ1n) is 6.61. The number of benzene rings is 1. The lowest BCUT2D eigenvalue weighted by atomic mass is 10.0. The molecule has 1 aromatic carbocycles. The van der Waals surface area contributed by atoms with E-state index in [4.69, 9.17) is 10.1 Å². The smallest absolute Gasteiger partial charge is 0.252 e. The SMILES string of the molecule is CC1(C(=O)N2OCC[C@H]2c2ccc(C#N)cc2)CC1. The molecule has 0 unspecified atom stereocenters. The summed E-state index contributed by atoms with van der Waals surface area (Å²) in [5, 5.41) is 10.4. The average molecular weight is 256 g/mol. The molecule has 0 aromatic heterocycles. The van der Waals surface area contributed by atoms with E-state index in [0.29, 0.717) is 12.2 Å². The van der Waals surface area contributed by atoms with Gasteiger partial charge in [0, 0.05) is 11.8 Å². The summed E-state index contributed by atoms with van der Waals surface area (Å²) in [5.74, 6) is 0.0966. The normalized spacial score (nSPS) is 24.0. The molecule has 1 amide bonds. The maximum Gasteiger partial charge on any atom is 0.252 e. The van der Waals surface area contributed by atoms with Crippen LogP contribution in [0.1, 0.15) is 43.4 Å². The van der Waals surface area contributed by atoms with Crippen LogP contribution >= 0.6 is 0 Å². The molecule has 0 radical (unpaired) electrons. The second kappa shape index (κ2) is 4.36. The monoisotopic (exact) mass is 256 g/mol. The topological polar surface area (TPSA) is 53.3 Å². The van der Waals surface area contributed by atoms with Crippen LogP contribution in [0.5, 0.6) is 0 Å². The van der Waals surface area contributed by atoms with Gasteiger partial charge in [-0.05, 0) is 30.5 Å². The molecule has 2 fully saturated rings. The molecule has 19 heavy (non-hydrogen) atoms. The number of carbonyl (C=O) groups excluding carboxylic acids is 1. The summed E-state index contributed by atoms with van der Waals surface area (Å²) in [6, 6.07) is 9.48. The van der Waals surface area contributed by atoms with Crippen molar-refractivity contribution in [3.8, 4) is 6.07 Å². The van der Waals surface area contributed by atoms with Crippen molar-refractivity contribution < 1.29 is 9.63 Å². The summed E-state index contributed by atoms with van der Waals surface area (Å²) < 4.78 is 0. The van der Waals surface area contributed by atoms with Gasteiger partial charge in [0.05, 0.1) is 24.3 Å². The zero-order chi connectivity index (χ0) is 13.5. The number of hydroxylamine groups is 2. The third kappa shape index (κ3) is 2.11. The van der Waals surface area contributed by atoms with Gasteiger partial charge in [0.2, 0.25) is 0 Å². The molecule has 3 rings (SSSR count). The number of hydrogen-bond acceptors (Lipinski definition) is 3. The van der Waals surface area contributed by atoms with Crippen molar-refractivity contribution in [2.75, 3.05) is 6.61 Å². The largest absolute Gasteiger partial charge is 0.272 e. The second-order valence-corrected chi connectivity index (χ2v) is 5.56. The van der Waals surface area contributed by atoms with Crippen molar-refractivity contribution in [1.29, 1.82) is 5.26 Å². The maximum absolute atomic E-state index is 12.4. The lowest BCUT2D eigenvalue weighted by Crippen LogP contribution is -2.34. The molecule has 1 atom stereocenters. The van der Waals surface area contributed by atoms with E-state index >= 15 is 0 Å². The highest BCUT2D eigenvalue weighted by molar-refractivity contribution is 5.84. The van der Waals surface area contributed by atoms with E-state index in [-0.39, 0.29) is 17.4 Å². The summed E-state index contributed by atoms with van der Waals surface area (Å²) in [7, 11) is 0. The van der Waals surface area contributed by atoms with E-state index in [0.717, 1.165) is 24.8 Å². The van der Waals surface area contributed by atoms with Crippen LogP contribution in [-0.2, 0) is 9.63 Å². The van der Waals surface area contributed by atoms with Gasteiger partial charge in [-0.15, -0.1) is 0 Å². The lowest BCUT2D eigenvalue weighted by molar-refractivity contribution is -0.182. The molecule has 0 spiro atoms. The molecule has 1 aliphatic heterocycles. The molecule has 98 valence electrons. The Bertz CT molecular complexity index is 540. The standard InChI is InChI=1S/C15H16N2O2/c1-15(7-8-15)14(18)17-13(6-9-19-17)12-4-2-11(10-16)3-5-12/h2-5,13H,6-9H2,1H3/t13-/m0/s1. The molecule has 4 nitrogen and oxygen atoms in total. The Morgan fingerprint density at radius 2 is 2.11 bits per heavy atom. The fraction of sp³-hybridized carbons (Fsp3) is 0.467. The van der Waals surface area contributed by atoms with Crippen molar-refractivity contribution in [3.63, 3.8) is 0 Å². The van der Waals surface area contributed by atoms with Gasteiger partial charge in [-0.2, -0.15) is 5.26 Å². The molecule has 1 saturated carbocycles. The summed E-state index contributed by atoms with van der Waals surface area (Å²) in [6.07, 6.45) is 2.71. The quantitative estimate of drug-likeness (QED) is 0.817. The summed E-state index contributed by atoms with van der Waals surface area (Å²) in [5.41, 5.74) is 1.46. The maximum atomic E-state index is 12.4. The van der Waals surface area contributed by atoms with Crippen molar-refractivity contribution in [3.05, 3.63) is 35.4 Å². The minimum Gasteiger partial charge on any atom is -0.272 e. The van der Waals surface area contributed by atoms with Crippen LogP contribution in [0.3, 0.4) is 0 Å². The van der Waals surface area contributed by atoms with E-state index in [2.05, 4.69) is 6.07 Å². The van der Waals surface area contributed by atoms with Gasteiger partial charge in [0.25, 0.3) is 5.91 Å². The lowest BCUT2D eigenvalue weighted by Gasteiger charge is -2.25. The van der Waals surface area contributed by atoms with Crippen molar-refractivity contribution in [2.24, 2.45) is 5.41 Å². The highest BCUT2D eigenvalue weighted by Gasteiger charge is 2.50. The van der Waals surface area contributed by atoms with E-state index < -0.39 is 0 Å². The fourth-order valence-corrected chi connectivity index (χ4v) is 2.42. The number of hydrogen-bond donors (Lipinski definition) is 0. The zero-order valence-corrected chi connectivity index (χ0v) is 10.9. The molecule has 1 aliphatic carbocycles. The molecular formula is C15H16N2O2. The fourth-order valence-electron chi connectivity index (χ4n) is 2.42. The van der Waals surface area contributed by atoms with Gasteiger partial charge in [0.1, 0.15) is 0 Å². The number of carbonyl (C=O) groups is 1. The van der Waals surface area contributed by atoms with Crippen LogP contribution < -0.4 is 0 Å². The van der Waals surface area contributed by atoms with Crippen LogP contribution in [0.2, 0.25) is 0 Å². The van der Waals surface area contributed by atoms with Gasteiger partial charge in [-0.1, -0.05) is 19.1 Å². The first-order valence-corrected chi connectivity index (χ1v) is 6.61. The van der Waals surface area contributed by atoms with Gasteiger partial charge in [-0.25, -0.2) is 5.06 Å². The number of rotatable bonds is 2. The van der Waals surface area contributed by atoms with Crippen LogP contribution in [0.15, 0.2) is 24.3 Å². The third-order valence-corrected chi connectivity index (χ3v) is 4.05. The Morgan fingerprint density at radius 1 is 1.42 bits per heavy atom. The predicted molar refractivity (Wildman–Crippen MR) is 68.7 cm³/mol. The van der Waals surface area contributed by atoms with E-state index in [1.54, 1.807) is 17.2 Å². The first-order chi connectivity index (χ1) is 9.14. The van der Waals surface area contributed by atoms with Crippen molar-refractivity contribution in [2.45, 2.75) is 32.2 Å². The molecule has 1 heterocycles. The highest BCUT2D eigenvalue weighted by Crippen LogP contribution is 2.48. The molecule has 0 bridgehead atoms. The van der Waals surface area contributed by atoms with E-state index in [1.165, 1.54) is 0 Å². The van der Waals surface area contributed by atoms with Gasteiger partial charge < -0.3 is 0 Å². The molecular weight excluding hydrogens is 240 g/mol. The average Bonchev–Trinajstić information content (AvgIpc) is 3.02. The zero-order valence-electron chi connectivity index (χ0n) is 10.9. The molecule has 4 heteroatoms. The van der Waals surface area contributed by atoms with Crippen LogP contribution in [0.4, 0.5) is 0 Å². The highest BCUT2D eigenvalue weighted by atomic mass is 16.7. The minimum absolute atomic E-state index is 0.0160.